The molecule has 1 fully saturated rings. The Bertz CT molecular complexity index is 577. The Morgan fingerprint density at radius 1 is 1.10 bits per heavy atom. The van der Waals surface area contributed by atoms with Crippen molar-refractivity contribution in [2.75, 3.05) is 31.1 Å². The lowest BCUT2D eigenvalue weighted by Gasteiger charge is -2.19. The van der Waals surface area contributed by atoms with Gasteiger partial charge < -0.3 is 10.2 Å². The summed E-state index contributed by atoms with van der Waals surface area (Å²) in [5, 5.41) is 4.15. The molecule has 0 radical (unpaired) electrons. The molecule has 0 unspecified atom stereocenters. The zero-order valence-electron chi connectivity index (χ0n) is 11.9. The Morgan fingerprint density at radius 3 is 2.76 bits per heavy atom. The van der Waals surface area contributed by atoms with Crippen molar-refractivity contribution < 1.29 is 0 Å². The van der Waals surface area contributed by atoms with Gasteiger partial charge in [0.25, 0.3) is 0 Å². The number of hydrogen-bond acceptors (Lipinski definition) is 4. The van der Waals surface area contributed by atoms with Crippen LogP contribution in [-0.4, -0.2) is 36.1 Å². The van der Waals surface area contributed by atoms with E-state index in [0.29, 0.717) is 0 Å². The number of nitrogens with zero attached hydrogens (tertiary/aromatic N) is 3. The van der Waals surface area contributed by atoms with E-state index >= 15 is 0 Å². The number of aromatic nitrogens is 2. The molecular weight excluding hydrogens is 284 g/mol. The Morgan fingerprint density at radius 2 is 1.95 bits per heavy atom. The molecule has 1 aromatic heterocycles. The van der Waals surface area contributed by atoms with Crippen molar-refractivity contribution in [1.82, 2.24) is 15.3 Å². The molecule has 2 heterocycles. The zero-order chi connectivity index (χ0) is 14.5. The number of benzene rings is 1. The normalized spacial score (nSPS) is 15.8. The third-order valence-corrected chi connectivity index (χ3v) is 3.85. The van der Waals surface area contributed by atoms with E-state index in [9.17, 15) is 0 Å². The molecule has 0 bridgehead atoms. The van der Waals surface area contributed by atoms with Crippen LogP contribution >= 0.6 is 11.6 Å². The number of anilines is 1. The van der Waals surface area contributed by atoms with E-state index in [4.69, 9.17) is 11.6 Å². The van der Waals surface area contributed by atoms with E-state index in [0.717, 1.165) is 55.6 Å². The number of nitrogens with one attached hydrogen (secondary N) is 1. The summed E-state index contributed by atoms with van der Waals surface area (Å²) in [6.07, 6.45) is 5.78. The number of halogens is 1. The van der Waals surface area contributed by atoms with Crippen LogP contribution < -0.4 is 10.2 Å². The first-order chi connectivity index (χ1) is 10.3. The Balaban J connectivity index is 1.68. The van der Waals surface area contributed by atoms with Gasteiger partial charge in [-0.25, -0.2) is 9.97 Å². The van der Waals surface area contributed by atoms with Crippen LogP contribution in [0.3, 0.4) is 0 Å². The fraction of sp³-hybridized carbons (Fsp3) is 0.375. The van der Waals surface area contributed by atoms with Crippen LogP contribution in [0.4, 0.5) is 5.95 Å². The maximum absolute atomic E-state index is 6.01. The fourth-order valence-electron chi connectivity index (χ4n) is 2.53. The molecule has 1 aliphatic rings. The molecule has 3 rings (SSSR count). The van der Waals surface area contributed by atoms with Crippen LogP contribution in [0.15, 0.2) is 36.7 Å². The minimum absolute atomic E-state index is 0.766. The second kappa shape index (κ2) is 6.87. The maximum Gasteiger partial charge on any atom is 0.225 e. The van der Waals surface area contributed by atoms with E-state index < -0.39 is 0 Å². The van der Waals surface area contributed by atoms with Gasteiger partial charge in [-0.15, -0.1) is 0 Å². The quantitative estimate of drug-likeness (QED) is 0.946. The largest absolute Gasteiger partial charge is 0.340 e. The third-order valence-electron chi connectivity index (χ3n) is 3.61. The molecule has 1 aromatic carbocycles. The summed E-state index contributed by atoms with van der Waals surface area (Å²) >= 11 is 6.01. The van der Waals surface area contributed by atoms with Crippen LogP contribution in [0.2, 0.25) is 5.02 Å². The second-order valence-corrected chi connectivity index (χ2v) is 5.73. The monoisotopic (exact) mass is 302 g/mol. The van der Waals surface area contributed by atoms with Gasteiger partial charge in [-0.2, -0.15) is 0 Å². The smallest absolute Gasteiger partial charge is 0.225 e. The molecule has 0 atom stereocenters. The number of rotatable bonds is 3. The fourth-order valence-corrected chi connectivity index (χ4v) is 2.74. The van der Waals surface area contributed by atoms with Crippen molar-refractivity contribution in [2.45, 2.75) is 12.8 Å². The SMILES string of the molecule is Clc1cccc(Cc2cnc(N3CCCNCC3)nc2)c1. The summed E-state index contributed by atoms with van der Waals surface area (Å²) in [6, 6.07) is 7.91. The lowest BCUT2D eigenvalue weighted by atomic mass is 10.1. The predicted molar refractivity (Wildman–Crippen MR) is 86.0 cm³/mol. The van der Waals surface area contributed by atoms with Crippen molar-refractivity contribution in [3.8, 4) is 0 Å². The van der Waals surface area contributed by atoms with E-state index in [1.165, 1.54) is 5.56 Å². The zero-order valence-corrected chi connectivity index (χ0v) is 12.7. The molecule has 0 amide bonds. The summed E-state index contributed by atoms with van der Waals surface area (Å²) < 4.78 is 0. The van der Waals surface area contributed by atoms with Crippen LogP contribution in [0, 0.1) is 0 Å². The lowest BCUT2D eigenvalue weighted by Crippen LogP contribution is -2.29. The highest BCUT2D eigenvalue weighted by atomic mass is 35.5. The van der Waals surface area contributed by atoms with Crippen molar-refractivity contribution in [3.63, 3.8) is 0 Å². The van der Waals surface area contributed by atoms with Crippen LogP contribution in [0.5, 0.6) is 0 Å². The topological polar surface area (TPSA) is 41.1 Å². The van der Waals surface area contributed by atoms with Crippen LogP contribution in [0.1, 0.15) is 17.5 Å². The van der Waals surface area contributed by atoms with E-state index in [-0.39, 0.29) is 0 Å². The molecule has 2 aromatic rings. The van der Waals surface area contributed by atoms with Gasteiger partial charge in [0.15, 0.2) is 0 Å². The van der Waals surface area contributed by atoms with Gasteiger partial charge in [-0.3, -0.25) is 0 Å². The molecule has 4 nitrogen and oxygen atoms in total. The molecule has 0 spiro atoms. The maximum atomic E-state index is 6.01. The minimum atomic E-state index is 0.766. The standard InChI is InChI=1S/C16H19ClN4/c17-15-4-1-3-13(10-15)9-14-11-19-16(20-12-14)21-7-2-5-18-6-8-21/h1,3-4,10-12,18H,2,5-9H2. The molecule has 0 aliphatic carbocycles. The molecule has 110 valence electrons. The molecule has 1 N–H and O–H groups in total. The van der Waals surface area contributed by atoms with Gasteiger partial charge in [-0.1, -0.05) is 23.7 Å². The summed E-state index contributed by atoms with van der Waals surface area (Å²) in [6.45, 7) is 4.05. The molecule has 0 saturated carbocycles. The lowest BCUT2D eigenvalue weighted by molar-refractivity contribution is 0.724. The molecular formula is C16H19ClN4. The molecule has 5 heteroatoms. The average molecular weight is 303 g/mol. The van der Waals surface area contributed by atoms with E-state index in [1.807, 2.05) is 30.6 Å². The van der Waals surface area contributed by atoms with Gasteiger partial charge in [0, 0.05) is 43.5 Å². The van der Waals surface area contributed by atoms with E-state index in [2.05, 4.69) is 26.3 Å². The average Bonchev–Trinajstić information content (AvgIpc) is 2.77. The molecule has 1 aliphatic heterocycles. The summed E-state index contributed by atoms with van der Waals surface area (Å²) in [4.78, 5) is 11.3. The first-order valence-electron chi connectivity index (χ1n) is 7.32. The van der Waals surface area contributed by atoms with Gasteiger partial charge in [0.05, 0.1) is 0 Å². The summed E-state index contributed by atoms with van der Waals surface area (Å²) in [5.41, 5.74) is 2.28. The highest BCUT2D eigenvalue weighted by molar-refractivity contribution is 6.30. The van der Waals surface area contributed by atoms with Crippen LogP contribution in [0.25, 0.3) is 0 Å². The van der Waals surface area contributed by atoms with Gasteiger partial charge >= 0.3 is 0 Å². The van der Waals surface area contributed by atoms with Crippen molar-refractivity contribution in [2.24, 2.45) is 0 Å². The van der Waals surface area contributed by atoms with Crippen molar-refractivity contribution in [1.29, 1.82) is 0 Å². The third kappa shape index (κ3) is 3.93. The first-order valence-corrected chi connectivity index (χ1v) is 7.70. The Labute approximate surface area is 130 Å². The molecule has 21 heavy (non-hydrogen) atoms. The van der Waals surface area contributed by atoms with Crippen molar-refractivity contribution >= 4 is 17.5 Å². The van der Waals surface area contributed by atoms with Gasteiger partial charge in [-0.05, 0) is 36.2 Å². The number of hydrogen-bond donors (Lipinski definition) is 1. The summed E-state index contributed by atoms with van der Waals surface area (Å²) in [5.74, 6) is 0.827. The van der Waals surface area contributed by atoms with Crippen LogP contribution in [-0.2, 0) is 6.42 Å². The Hall–Kier alpha value is -1.65. The van der Waals surface area contributed by atoms with Gasteiger partial charge in [0.2, 0.25) is 5.95 Å². The summed E-state index contributed by atoms with van der Waals surface area (Å²) in [7, 11) is 0. The molecule has 1 saturated heterocycles. The first kappa shape index (κ1) is 14.3. The van der Waals surface area contributed by atoms with E-state index in [1.54, 1.807) is 0 Å². The highest BCUT2D eigenvalue weighted by Crippen LogP contribution is 2.15. The predicted octanol–water partition coefficient (Wildman–Crippen LogP) is 2.52. The minimum Gasteiger partial charge on any atom is -0.340 e. The van der Waals surface area contributed by atoms with Crippen molar-refractivity contribution in [3.05, 3.63) is 52.8 Å². The highest BCUT2D eigenvalue weighted by Gasteiger charge is 2.11. The Kier molecular flexibility index (Phi) is 4.68. The van der Waals surface area contributed by atoms with Gasteiger partial charge in [0.1, 0.15) is 0 Å². The second-order valence-electron chi connectivity index (χ2n) is 5.29.